The molecule has 3 aromatic carbocycles. The van der Waals surface area contributed by atoms with E-state index in [1.165, 1.54) is 17.0 Å². The molecular weight excluding hydrogens is 591 g/mol. The second kappa shape index (κ2) is 14.1. The second-order valence-electron chi connectivity index (χ2n) is 9.63. The first-order valence-corrected chi connectivity index (χ1v) is 15.2. The molecule has 7 nitrogen and oxygen atoms in total. The van der Waals surface area contributed by atoms with Gasteiger partial charge in [0.25, 0.3) is 10.0 Å². The van der Waals surface area contributed by atoms with E-state index >= 15 is 0 Å². The van der Waals surface area contributed by atoms with Crippen LogP contribution in [0.3, 0.4) is 0 Å². The first-order valence-electron chi connectivity index (χ1n) is 13.4. The molecular formula is C30H33ClF3N3O4S. The molecule has 1 unspecified atom stereocenters. The van der Waals surface area contributed by atoms with Crippen LogP contribution >= 0.6 is 11.6 Å². The average Bonchev–Trinajstić information content (AvgIpc) is 2.94. The molecule has 0 radical (unpaired) electrons. The van der Waals surface area contributed by atoms with Gasteiger partial charge < -0.3 is 10.2 Å². The Morgan fingerprint density at radius 3 is 2.19 bits per heavy atom. The van der Waals surface area contributed by atoms with Gasteiger partial charge in [0.1, 0.15) is 12.6 Å². The highest BCUT2D eigenvalue weighted by Gasteiger charge is 2.37. The number of benzene rings is 3. The Morgan fingerprint density at radius 1 is 0.976 bits per heavy atom. The summed E-state index contributed by atoms with van der Waals surface area (Å²) in [5, 5.41) is 2.09. The van der Waals surface area contributed by atoms with Gasteiger partial charge >= 0.3 is 6.18 Å². The van der Waals surface area contributed by atoms with Gasteiger partial charge in [0, 0.05) is 13.1 Å². The van der Waals surface area contributed by atoms with Crippen LogP contribution in [0.5, 0.6) is 0 Å². The highest BCUT2D eigenvalue weighted by atomic mass is 35.5. The summed E-state index contributed by atoms with van der Waals surface area (Å²) in [6.45, 7) is 4.75. The third-order valence-corrected chi connectivity index (χ3v) is 8.77. The van der Waals surface area contributed by atoms with E-state index in [2.05, 4.69) is 5.32 Å². The van der Waals surface area contributed by atoms with Gasteiger partial charge in [-0.2, -0.15) is 13.2 Å². The van der Waals surface area contributed by atoms with Crippen molar-refractivity contribution >= 4 is 39.1 Å². The lowest BCUT2D eigenvalue weighted by Gasteiger charge is -2.33. The van der Waals surface area contributed by atoms with Crippen molar-refractivity contribution < 1.29 is 31.2 Å². The lowest BCUT2D eigenvalue weighted by molar-refractivity contribution is -0.139. The van der Waals surface area contributed by atoms with Crippen molar-refractivity contribution in [2.24, 2.45) is 0 Å². The summed E-state index contributed by atoms with van der Waals surface area (Å²) in [7, 11) is -4.53. The van der Waals surface area contributed by atoms with Crippen molar-refractivity contribution in [3.63, 3.8) is 0 Å². The van der Waals surface area contributed by atoms with E-state index in [-0.39, 0.29) is 17.9 Å². The smallest absolute Gasteiger partial charge is 0.355 e. The number of rotatable bonds is 12. The molecule has 12 heteroatoms. The maximum atomic E-state index is 13.9. The van der Waals surface area contributed by atoms with E-state index in [1.54, 1.807) is 32.9 Å². The summed E-state index contributed by atoms with van der Waals surface area (Å²) in [6, 6.07) is 16.7. The van der Waals surface area contributed by atoms with Crippen LogP contribution in [-0.4, -0.2) is 50.8 Å². The predicted octanol–water partition coefficient (Wildman–Crippen LogP) is 5.85. The number of sulfonamides is 1. The molecule has 0 heterocycles. The molecule has 0 saturated carbocycles. The number of likely N-dealkylation sites (N-methyl/N-ethyl adjacent to an activating group) is 1. The zero-order chi connectivity index (χ0) is 31.1. The highest BCUT2D eigenvalue weighted by Crippen LogP contribution is 2.38. The number of hydrogen-bond acceptors (Lipinski definition) is 4. The van der Waals surface area contributed by atoms with Crippen molar-refractivity contribution in [1.82, 2.24) is 10.2 Å². The Hall–Kier alpha value is -3.57. The number of carbonyl (C=O) groups is 2. The molecule has 1 atom stereocenters. The van der Waals surface area contributed by atoms with E-state index in [0.29, 0.717) is 23.3 Å². The number of anilines is 1. The molecule has 0 aliphatic rings. The van der Waals surface area contributed by atoms with Gasteiger partial charge in [-0.1, -0.05) is 66.6 Å². The topological polar surface area (TPSA) is 86.8 Å². The minimum atomic E-state index is -4.87. The van der Waals surface area contributed by atoms with Crippen LogP contribution in [0.25, 0.3) is 0 Å². The lowest BCUT2D eigenvalue weighted by Crippen LogP contribution is -2.53. The van der Waals surface area contributed by atoms with E-state index in [9.17, 15) is 31.2 Å². The fourth-order valence-corrected chi connectivity index (χ4v) is 6.07. The normalized spacial score (nSPS) is 12.5. The molecule has 42 heavy (non-hydrogen) atoms. The molecule has 0 saturated heterocycles. The number of amides is 2. The Bertz CT molecular complexity index is 1480. The summed E-state index contributed by atoms with van der Waals surface area (Å²) in [5.74, 6) is -1.16. The Labute approximate surface area is 249 Å². The molecule has 1 N–H and O–H groups in total. The first-order chi connectivity index (χ1) is 19.8. The van der Waals surface area contributed by atoms with Crippen LogP contribution in [0.2, 0.25) is 5.02 Å². The molecule has 0 aliphatic heterocycles. The van der Waals surface area contributed by atoms with Gasteiger partial charge in [0.2, 0.25) is 11.8 Å². The number of nitrogens with one attached hydrogen (secondary N) is 1. The van der Waals surface area contributed by atoms with Gasteiger partial charge in [0.15, 0.2) is 0 Å². The van der Waals surface area contributed by atoms with Crippen LogP contribution in [0, 0.1) is 6.92 Å². The van der Waals surface area contributed by atoms with Gasteiger partial charge in [-0.15, -0.1) is 0 Å². The van der Waals surface area contributed by atoms with Gasteiger partial charge in [-0.25, -0.2) is 8.42 Å². The molecule has 0 spiro atoms. The quantitative estimate of drug-likeness (QED) is 0.274. The van der Waals surface area contributed by atoms with Crippen molar-refractivity contribution in [2.45, 2.75) is 50.7 Å². The summed E-state index contributed by atoms with van der Waals surface area (Å²) < 4.78 is 69.6. The molecule has 0 aliphatic carbocycles. The zero-order valence-electron chi connectivity index (χ0n) is 23.5. The summed E-state index contributed by atoms with van der Waals surface area (Å²) in [5.41, 5.74) is 0.0163. The maximum Gasteiger partial charge on any atom is 0.417 e. The second-order valence-corrected chi connectivity index (χ2v) is 11.9. The van der Waals surface area contributed by atoms with Crippen LogP contribution in [-0.2, 0) is 32.2 Å². The van der Waals surface area contributed by atoms with E-state index in [1.807, 2.05) is 30.3 Å². The maximum absolute atomic E-state index is 13.9. The Kier molecular flexibility index (Phi) is 11.0. The zero-order valence-corrected chi connectivity index (χ0v) is 25.1. The minimum Gasteiger partial charge on any atom is -0.355 e. The van der Waals surface area contributed by atoms with Crippen molar-refractivity contribution in [2.75, 3.05) is 23.9 Å². The monoisotopic (exact) mass is 623 g/mol. The van der Waals surface area contributed by atoms with Crippen LogP contribution in [0.15, 0.2) is 77.7 Å². The van der Waals surface area contributed by atoms with Crippen molar-refractivity contribution in [3.8, 4) is 0 Å². The minimum absolute atomic E-state index is 0.0747. The van der Waals surface area contributed by atoms with Crippen LogP contribution in [0.4, 0.5) is 18.9 Å². The number of alkyl halides is 3. The molecule has 0 fully saturated rings. The molecule has 2 amide bonds. The van der Waals surface area contributed by atoms with Crippen LogP contribution < -0.4 is 9.62 Å². The lowest BCUT2D eigenvalue weighted by atomic mass is 10.1. The third-order valence-electron chi connectivity index (χ3n) is 6.65. The number of nitrogens with zero attached hydrogens (tertiary/aromatic N) is 2. The Balaban J connectivity index is 2.10. The first kappa shape index (κ1) is 32.9. The van der Waals surface area contributed by atoms with Crippen molar-refractivity contribution in [3.05, 3.63) is 94.5 Å². The number of carbonyl (C=O) groups excluding carboxylic acids is 2. The summed E-state index contributed by atoms with van der Waals surface area (Å²) >= 11 is 5.81. The van der Waals surface area contributed by atoms with Gasteiger partial charge in [-0.3, -0.25) is 13.9 Å². The third kappa shape index (κ3) is 8.04. The van der Waals surface area contributed by atoms with E-state index < -0.39 is 56.9 Å². The molecule has 3 aromatic rings. The van der Waals surface area contributed by atoms with Crippen LogP contribution in [0.1, 0.15) is 37.0 Å². The van der Waals surface area contributed by atoms with E-state index in [0.717, 1.165) is 23.3 Å². The molecule has 3 rings (SSSR count). The van der Waals surface area contributed by atoms with Crippen molar-refractivity contribution in [1.29, 1.82) is 0 Å². The Morgan fingerprint density at radius 2 is 1.62 bits per heavy atom. The predicted molar refractivity (Wildman–Crippen MR) is 157 cm³/mol. The number of halogens is 4. The number of aryl methyl sites for hydroxylation is 1. The summed E-state index contributed by atoms with van der Waals surface area (Å²) in [4.78, 5) is 28.0. The van der Waals surface area contributed by atoms with E-state index in [4.69, 9.17) is 11.6 Å². The summed E-state index contributed by atoms with van der Waals surface area (Å²) in [6.07, 6.45) is -4.27. The molecule has 0 bridgehead atoms. The SMILES string of the molecule is CCNC(=O)C(CC)N(CCc1ccccc1)C(=O)CN(c1ccc(Cl)c(C(F)(F)F)c1)S(=O)(=O)c1ccc(C)cc1. The van der Waals surface area contributed by atoms with Gasteiger partial charge in [0.05, 0.1) is 21.2 Å². The molecule has 226 valence electrons. The highest BCUT2D eigenvalue weighted by molar-refractivity contribution is 7.92. The molecule has 0 aromatic heterocycles. The van der Waals surface area contributed by atoms with Gasteiger partial charge in [-0.05, 0) is 62.6 Å². The fourth-order valence-electron chi connectivity index (χ4n) is 4.44. The number of hydrogen-bond donors (Lipinski definition) is 1. The average molecular weight is 624 g/mol. The standard InChI is InChI=1S/C30H33ClF3N3O4S/c1-4-27(29(39)35-5-2)36(18-17-22-9-7-6-8-10-22)28(38)20-37(42(40,41)24-14-11-21(3)12-15-24)23-13-16-26(31)25(19-23)30(32,33)34/h6-16,19,27H,4-5,17-18,20H2,1-3H3,(H,35,39). The fraction of sp³-hybridized carbons (Fsp3) is 0.333. The largest absolute Gasteiger partial charge is 0.417 e.